The van der Waals surface area contributed by atoms with Gasteiger partial charge in [-0.1, -0.05) is 35.3 Å². The number of amides is 1. The van der Waals surface area contributed by atoms with Gasteiger partial charge in [0, 0.05) is 10.7 Å². The van der Waals surface area contributed by atoms with Crippen molar-refractivity contribution in [1.29, 1.82) is 0 Å². The molecule has 1 atom stereocenters. The molecule has 0 aliphatic heterocycles. The van der Waals surface area contributed by atoms with Gasteiger partial charge in [-0.15, -0.1) is 0 Å². The van der Waals surface area contributed by atoms with E-state index in [1.807, 2.05) is 18.2 Å². The van der Waals surface area contributed by atoms with Gasteiger partial charge in [0.25, 0.3) is 5.56 Å². The Morgan fingerprint density at radius 2 is 1.96 bits per heavy atom. The highest BCUT2D eigenvalue weighted by Crippen LogP contribution is 2.17. The van der Waals surface area contributed by atoms with Crippen molar-refractivity contribution in [3.63, 3.8) is 0 Å². The maximum atomic E-state index is 12.3. The van der Waals surface area contributed by atoms with E-state index in [2.05, 4.69) is 5.32 Å². The lowest BCUT2D eigenvalue weighted by Gasteiger charge is -2.13. The highest BCUT2D eigenvalue weighted by molar-refractivity contribution is 7.13. The third kappa shape index (κ3) is 3.77. The molecule has 0 aliphatic carbocycles. The van der Waals surface area contributed by atoms with Gasteiger partial charge in [-0.3, -0.25) is 14.1 Å². The lowest BCUT2D eigenvalue weighted by molar-refractivity contribution is 0.112. The van der Waals surface area contributed by atoms with Gasteiger partial charge in [0.15, 0.2) is 0 Å². The van der Waals surface area contributed by atoms with Crippen LogP contribution >= 0.6 is 23.1 Å². The van der Waals surface area contributed by atoms with Crippen molar-refractivity contribution < 1.29 is 9.53 Å². The molecule has 5 nitrogen and oxygen atoms in total. The molecule has 3 rings (SSSR count). The van der Waals surface area contributed by atoms with Crippen LogP contribution in [0.25, 0.3) is 10.1 Å². The second-order valence-electron chi connectivity index (χ2n) is 5.30. The predicted molar refractivity (Wildman–Crippen MR) is 97.1 cm³/mol. The molecule has 1 N–H and O–H groups in total. The number of halogens is 1. The summed E-state index contributed by atoms with van der Waals surface area (Å²) >= 11 is 7.16. The van der Waals surface area contributed by atoms with Gasteiger partial charge in [0.1, 0.15) is 6.10 Å². The van der Waals surface area contributed by atoms with Crippen LogP contribution in [0.3, 0.4) is 0 Å². The van der Waals surface area contributed by atoms with Crippen LogP contribution in [0.1, 0.15) is 6.92 Å². The van der Waals surface area contributed by atoms with Gasteiger partial charge in [-0.25, -0.2) is 4.79 Å². The minimum absolute atomic E-state index is 0.0656. The number of rotatable bonds is 4. The molecule has 1 heterocycles. The van der Waals surface area contributed by atoms with Crippen molar-refractivity contribution in [2.75, 3.05) is 5.32 Å². The van der Waals surface area contributed by atoms with E-state index in [4.69, 9.17) is 16.3 Å². The summed E-state index contributed by atoms with van der Waals surface area (Å²) in [6.45, 7) is 2.06. The molecule has 2 aromatic carbocycles. The zero-order valence-electron chi connectivity index (χ0n) is 12.9. The molecule has 0 saturated heterocycles. The summed E-state index contributed by atoms with van der Waals surface area (Å²) in [6.07, 6.45) is -1.01. The van der Waals surface area contributed by atoms with E-state index in [9.17, 15) is 9.59 Å². The van der Waals surface area contributed by atoms with Crippen LogP contribution in [0.2, 0.25) is 5.02 Å². The van der Waals surface area contributed by atoms with Crippen molar-refractivity contribution in [1.82, 2.24) is 3.96 Å². The fourth-order valence-corrected chi connectivity index (χ4v) is 3.49. The van der Waals surface area contributed by atoms with Gasteiger partial charge >= 0.3 is 6.09 Å². The Kier molecular flexibility index (Phi) is 4.87. The first-order valence-electron chi connectivity index (χ1n) is 7.35. The zero-order chi connectivity index (χ0) is 17.1. The Bertz CT molecular complexity index is 917. The van der Waals surface area contributed by atoms with Crippen molar-refractivity contribution in [2.45, 2.75) is 19.6 Å². The van der Waals surface area contributed by atoms with E-state index in [0.717, 1.165) is 4.70 Å². The maximum absolute atomic E-state index is 12.3. The third-order valence-electron chi connectivity index (χ3n) is 3.37. The number of hydrogen-bond donors (Lipinski definition) is 1. The standard InChI is InChI=1S/C17H15ClN2O3S/c1-11(23-17(22)19-13-8-6-12(18)7-9-13)10-20-16(21)14-4-2-3-5-15(14)24-20/h2-9,11H,10H2,1H3,(H,19,22). The highest BCUT2D eigenvalue weighted by atomic mass is 35.5. The second kappa shape index (κ2) is 7.07. The van der Waals surface area contributed by atoms with Crippen LogP contribution in [-0.4, -0.2) is 16.2 Å². The van der Waals surface area contributed by atoms with Gasteiger partial charge in [0.05, 0.1) is 16.6 Å². The number of nitrogens with zero attached hydrogens (tertiary/aromatic N) is 1. The molecule has 1 aromatic heterocycles. The maximum Gasteiger partial charge on any atom is 0.411 e. The van der Waals surface area contributed by atoms with E-state index in [1.54, 1.807) is 41.2 Å². The quantitative estimate of drug-likeness (QED) is 0.750. The smallest absolute Gasteiger partial charge is 0.411 e. The van der Waals surface area contributed by atoms with Crippen molar-refractivity contribution >= 4 is 45.0 Å². The van der Waals surface area contributed by atoms with E-state index in [1.165, 1.54) is 11.5 Å². The monoisotopic (exact) mass is 362 g/mol. The fraction of sp³-hybridized carbons (Fsp3) is 0.176. The second-order valence-corrected chi connectivity index (χ2v) is 6.80. The normalized spacial score (nSPS) is 12.1. The van der Waals surface area contributed by atoms with Crippen molar-refractivity contribution in [2.24, 2.45) is 0 Å². The first kappa shape index (κ1) is 16.5. The molecule has 0 fully saturated rings. The fourth-order valence-electron chi connectivity index (χ4n) is 2.27. The topological polar surface area (TPSA) is 60.3 Å². The SMILES string of the molecule is CC(Cn1sc2ccccc2c1=O)OC(=O)Nc1ccc(Cl)cc1. The van der Waals surface area contributed by atoms with Crippen molar-refractivity contribution in [3.8, 4) is 0 Å². The molecule has 0 bridgehead atoms. The Labute approximate surface area is 147 Å². The van der Waals surface area contributed by atoms with E-state index >= 15 is 0 Å². The molecular formula is C17H15ClN2O3S. The van der Waals surface area contributed by atoms with Crippen LogP contribution in [0.5, 0.6) is 0 Å². The Morgan fingerprint density at radius 3 is 2.67 bits per heavy atom. The summed E-state index contributed by atoms with van der Waals surface area (Å²) in [5, 5.41) is 3.89. The molecule has 24 heavy (non-hydrogen) atoms. The van der Waals surface area contributed by atoms with Gasteiger partial charge in [0.2, 0.25) is 0 Å². The number of nitrogens with one attached hydrogen (secondary N) is 1. The summed E-state index contributed by atoms with van der Waals surface area (Å²) < 4.78 is 7.82. The molecule has 1 unspecified atom stereocenters. The first-order chi connectivity index (χ1) is 11.5. The van der Waals surface area contributed by atoms with Crippen LogP contribution in [0.15, 0.2) is 53.3 Å². The number of aromatic nitrogens is 1. The Balaban J connectivity index is 1.63. The van der Waals surface area contributed by atoms with Crippen LogP contribution in [0.4, 0.5) is 10.5 Å². The molecule has 3 aromatic rings. The molecular weight excluding hydrogens is 348 g/mol. The van der Waals surface area contributed by atoms with E-state index < -0.39 is 12.2 Å². The molecule has 124 valence electrons. The predicted octanol–water partition coefficient (Wildman–Crippen LogP) is 4.35. The number of benzene rings is 2. The molecule has 1 amide bonds. The Hall–Kier alpha value is -2.31. The van der Waals surface area contributed by atoms with Crippen LogP contribution < -0.4 is 10.9 Å². The van der Waals surface area contributed by atoms with E-state index in [-0.39, 0.29) is 5.56 Å². The lowest BCUT2D eigenvalue weighted by Crippen LogP contribution is -2.26. The molecule has 0 saturated carbocycles. The summed E-state index contributed by atoms with van der Waals surface area (Å²) in [4.78, 5) is 24.2. The summed E-state index contributed by atoms with van der Waals surface area (Å²) in [5.41, 5.74) is 0.528. The number of hydrogen-bond acceptors (Lipinski definition) is 4. The molecule has 0 radical (unpaired) electrons. The third-order valence-corrected chi connectivity index (χ3v) is 4.71. The molecule has 0 aliphatic rings. The average molecular weight is 363 g/mol. The van der Waals surface area contributed by atoms with Crippen molar-refractivity contribution in [3.05, 3.63) is 63.9 Å². The molecule has 7 heteroatoms. The number of anilines is 1. The highest BCUT2D eigenvalue weighted by Gasteiger charge is 2.14. The van der Waals surface area contributed by atoms with Crippen LogP contribution in [0, 0.1) is 0 Å². The zero-order valence-corrected chi connectivity index (χ0v) is 14.4. The van der Waals surface area contributed by atoms with Gasteiger partial charge in [-0.2, -0.15) is 0 Å². The Morgan fingerprint density at radius 1 is 1.25 bits per heavy atom. The minimum atomic E-state index is -0.570. The summed E-state index contributed by atoms with van der Waals surface area (Å²) in [5.74, 6) is 0. The van der Waals surface area contributed by atoms with Gasteiger partial charge in [-0.05, 0) is 43.3 Å². The minimum Gasteiger partial charge on any atom is -0.444 e. The van der Waals surface area contributed by atoms with Gasteiger partial charge < -0.3 is 4.74 Å². The first-order valence-corrected chi connectivity index (χ1v) is 8.50. The summed E-state index contributed by atoms with van der Waals surface area (Å²) in [6, 6.07) is 14.1. The number of carbonyl (C=O) groups is 1. The molecule has 0 spiro atoms. The summed E-state index contributed by atoms with van der Waals surface area (Å²) in [7, 11) is 0. The largest absolute Gasteiger partial charge is 0.444 e. The number of fused-ring (bicyclic) bond motifs is 1. The number of ether oxygens (including phenoxy) is 1. The van der Waals surface area contributed by atoms with Crippen LogP contribution in [-0.2, 0) is 11.3 Å². The lowest BCUT2D eigenvalue weighted by atomic mass is 10.3. The number of carbonyl (C=O) groups excluding carboxylic acids is 1. The average Bonchev–Trinajstić information content (AvgIpc) is 2.86. The van der Waals surface area contributed by atoms with E-state index in [0.29, 0.717) is 22.6 Å².